The predicted molar refractivity (Wildman–Crippen MR) is 109 cm³/mol. The van der Waals surface area contributed by atoms with Gasteiger partial charge in [0.15, 0.2) is 5.96 Å². The summed E-state index contributed by atoms with van der Waals surface area (Å²) in [4.78, 5) is 15.7. The van der Waals surface area contributed by atoms with Gasteiger partial charge in [-0.3, -0.25) is 9.79 Å². The van der Waals surface area contributed by atoms with Crippen LogP contribution in [0.3, 0.4) is 0 Å². The van der Waals surface area contributed by atoms with E-state index < -0.39 is 0 Å². The highest BCUT2D eigenvalue weighted by atomic mass is 127. The molecule has 6 nitrogen and oxygen atoms in total. The molecule has 24 heavy (non-hydrogen) atoms. The summed E-state index contributed by atoms with van der Waals surface area (Å²) >= 11 is 0. The van der Waals surface area contributed by atoms with Crippen molar-refractivity contribution in [1.29, 1.82) is 0 Å². The van der Waals surface area contributed by atoms with Gasteiger partial charge in [0, 0.05) is 25.7 Å². The van der Waals surface area contributed by atoms with E-state index in [1.807, 2.05) is 39.0 Å². The Bertz CT molecular complexity index is 535. The lowest BCUT2D eigenvalue weighted by atomic mass is 10.1. The van der Waals surface area contributed by atoms with E-state index in [1.165, 1.54) is 0 Å². The van der Waals surface area contributed by atoms with Crippen LogP contribution in [0.15, 0.2) is 23.2 Å². The number of rotatable bonds is 8. The van der Waals surface area contributed by atoms with Gasteiger partial charge in [-0.05, 0) is 31.9 Å². The molecule has 136 valence electrons. The molecule has 0 aliphatic carbocycles. The Morgan fingerprint density at radius 2 is 1.96 bits per heavy atom. The van der Waals surface area contributed by atoms with Crippen molar-refractivity contribution in [3.63, 3.8) is 0 Å². The predicted octanol–water partition coefficient (Wildman–Crippen LogP) is 2.20. The van der Waals surface area contributed by atoms with E-state index in [9.17, 15) is 4.79 Å². The van der Waals surface area contributed by atoms with Gasteiger partial charge in [-0.2, -0.15) is 0 Å². The number of carbonyl (C=O) groups is 1. The van der Waals surface area contributed by atoms with Crippen molar-refractivity contribution < 1.29 is 9.53 Å². The quantitative estimate of drug-likeness (QED) is 0.324. The van der Waals surface area contributed by atoms with Gasteiger partial charge in [0.25, 0.3) is 0 Å². The number of halogens is 1. The minimum atomic E-state index is -0.0415. The van der Waals surface area contributed by atoms with Crippen molar-refractivity contribution in [1.82, 2.24) is 16.0 Å². The summed E-state index contributed by atoms with van der Waals surface area (Å²) in [6.07, 6.45) is 0.923. The molecule has 0 bridgehead atoms. The average molecular weight is 448 g/mol. The molecule has 0 atom stereocenters. The highest BCUT2D eigenvalue weighted by Crippen LogP contribution is 2.20. The van der Waals surface area contributed by atoms with E-state index >= 15 is 0 Å². The van der Waals surface area contributed by atoms with Crippen molar-refractivity contribution in [2.75, 3.05) is 26.7 Å². The van der Waals surface area contributed by atoms with Crippen LogP contribution in [0.2, 0.25) is 0 Å². The molecule has 0 spiro atoms. The number of aliphatic imine (C=N–C) groups is 1. The fourth-order valence-electron chi connectivity index (χ4n) is 1.99. The zero-order valence-corrected chi connectivity index (χ0v) is 17.3. The first-order chi connectivity index (χ1) is 11.1. The lowest BCUT2D eigenvalue weighted by Gasteiger charge is -2.15. The first-order valence-corrected chi connectivity index (χ1v) is 8.04. The minimum absolute atomic E-state index is 0. The number of amides is 1. The molecule has 3 N–H and O–H groups in total. The Morgan fingerprint density at radius 1 is 1.21 bits per heavy atom. The zero-order valence-electron chi connectivity index (χ0n) is 14.9. The maximum atomic E-state index is 11.6. The Labute approximate surface area is 161 Å². The second-order valence-corrected chi connectivity index (χ2v) is 5.17. The van der Waals surface area contributed by atoms with Gasteiger partial charge in [0.1, 0.15) is 5.75 Å². The third-order valence-corrected chi connectivity index (χ3v) is 3.18. The Morgan fingerprint density at radius 3 is 2.58 bits per heavy atom. The molecule has 0 unspecified atom stereocenters. The maximum Gasteiger partial charge on any atom is 0.239 e. The SMILES string of the molecule is CCCNC(=O)CNC(=NC)NCc1ccc(C)cc1OCC.I. The van der Waals surface area contributed by atoms with E-state index in [0.717, 1.165) is 23.3 Å². The summed E-state index contributed by atoms with van der Waals surface area (Å²) in [6, 6.07) is 6.11. The monoisotopic (exact) mass is 448 g/mol. The summed E-state index contributed by atoms with van der Waals surface area (Å²) in [7, 11) is 1.68. The van der Waals surface area contributed by atoms with Gasteiger partial charge in [-0.15, -0.1) is 24.0 Å². The summed E-state index contributed by atoms with van der Waals surface area (Å²) in [6.45, 7) is 8.11. The molecule has 0 aromatic heterocycles. The van der Waals surface area contributed by atoms with E-state index in [4.69, 9.17) is 4.74 Å². The van der Waals surface area contributed by atoms with Crippen molar-refractivity contribution in [3.8, 4) is 5.75 Å². The molecule has 1 amide bonds. The van der Waals surface area contributed by atoms with Crippen LogP contribution in [-0.2, 0) is 11.3 Å². The molecule has 0 fully saturated rings. The molecule has 0 saturated heterocycles. The van der Waals surface area contributed by atoms with E-state index in [2.05, 4.69) is 20.9 Å². The number of hydrogen-bond acceptors (Lipinski definition) is 3. The van der Waals surface area contributed by atoms with Crippen molar-refractivity contribution >= 4 is 35.8 Å². The first kappa shape index (κ1) is 22.5. The van der Waals surface area contributed by atoms with Crippen molar-refractivity contribution in [3.05, 3.63) is 29.3 Å². The van der Waals surface area contributed by atoms with Gasteiger partial charge < -0.3 is 20.7 Å². The van der Waals surface area contributed by atoms with E-state index in [-0.39, 0.29) is 36.4 Å². The lowest BCUT2D eigenvalue weighted by molar-refractivity contribution is -0.120. The van der Waals surface area contributed by atoms with Crippen LogP contribution in [-0.4, -0.2) is 38.6 Å². The second-order valence-electron chi connectivity index (χ2n) is 5.17. The van der Waals surface area contributed by atoms with Crippen molar-refractivity contribution in [2.24, 2.45) is 4.99 Å². The summed E-state index contributed by atoms with van der Waals surface area (Å²) in [5.74, 6) is 1.41. The average Bonchev–Trinajstić information content (AvgIpc) is 2.55. The number of carbonyl (C=O) groups excluding carboxylic acids is 1. The van der Waals surface area contributed by atoms with Gasteiger partial charge >= 0.3 is 0 Å². The van der Waals surface area contributed by atoms with Crippen LogP contribution in [0, 0.1) is 6.92 Å². The van der Waals surface area contributed by atoms with Crippen LogP contribution < -0.4 is 20.7 Å². The summed E-state index contributed by atoms with van der Waals surface area (Å²) in [5.41, 5.74) is 2.21. The van der Waals surface area contributed by atoms with E-state index in [0.29, 0.717) is 25.7 Å². The third-order valence-electron chi connectivity index (χ3n) is 3.18. The second kappa shape index (κ2) is 12.9. The zero-order chi connectivity index (χ0) is 17.1. The molecule has 1 aromatic rings. The van der Waals surface area contributed by atoms with E-state index in [1.54, 1.807) is 7.05 Å². The molecule has 0 aliphatic heterocycles. The lowest BCUT2D eigenvalue weighted by Crippen LogP contribution is -2.43. The molecule has 0 heterocycles. The molecule has 1 aromatic carbocycles. The summed E-state index contributed by atoms with van der Waals surface area (Å²) in [5, 5.41) is 9.00. The number of aryl methyl sites for hydroxylation is 1. The Kier molecular flexibility index (Phi) is 12.0. The number of guanidine groups is 1. The standard InChI is InChI=1S/C17H28N4O2.HI/c1-5-9-19-16(22)12-21-17(18-4)20-11-14-8-7-13(3)10-15(14)23-6-2;/h7-8,10H,5-6,9,11-12H2,1-4H3,(H,19,22)(H2,18,20,21);1H. The summed E-state index contributed by atoms with van der Waals surface area (Å²) < 4.78 is 5.66. The minimum Gasteiger partial charge on any atom is -0.494 e. The van der Waals surface area contributed by atoms with Crippen LogP contribution in [0.5, 0.6) is 5.75 Å². The molecular formula is C17H29IN4O2. The fraction of sp³-hybridized carbons (Fsp3) is 0.529. The number of benzene rings is 1. The number of nitrogens with zero attached hydrogens (tertiary/aromatic N) is 1. The van der Waals surface area contributed by atoms with Gasteiger partial charge in [-0.25, -0.2) is 0 Å². The van der Waals surface area contributed by atoms with Gasteiger partial charge in [-0.1, -0.05) is 19.1 Å². The first-order valence-electron chi connectivity index (χ1n) is 8.04. The largest absolute Gasteiger partial charge is 0.494 e. The smallest absolute Gasteiger partial charge is 0.239 e. The van der Waals surface area contributed by atoms with Gasteiger partial charge in [0.2, 0.25) is 5.91 Å². The third kappa shape index (κ3) is 8.37. The molecule has 1 rings (SSSR count). The fourth-order valence-corrected chi connectivity index (χ4v) is 1.99. The van der Waals surface area contributed by atoms with Crippen LogP contribution in [0.4, 0.5) is 0 Å². The highest BCUT2D eigenvalue weighted by Gasteiger charge is 2.06. The molecular weight excluding hydrogens is 419 g/mol. The van der Waals surface area contributed by atoms with Gasteiger partial charge in [0.05, 0.1) is 13.2 Å². The number of hydrogen-bond donors (Lipinski definition) is 3. The highest BCUT2D eigenvalue weighted by molar-refractivity contribution is 14.0. The maximum absolute atomic E-state index is 11.6. The van der Waals surface area contributed by atoms with Crippen LogP contribution in [0.1, 0.15) is 31.4 Å². The Balaban J connectivity index is 0.00000529. The van der Waals surface area contributed by atoms with Crippen LogP contribution >= 0.6 is 24.0 Å². The van der Waals surface area contributed by atoms with Crippen LogP contribution in [0.25, 0.3) is 0 Å². The molecule has 0 radical (unpaired) electrons. The molecule has 0 aliphatic rings. The number of ether oxygens (including phenoxy) is 1. The normalized spacial score (nSPS) is 10.6. The Hall–Kier alpha value is -1.51. The number of nitrogens with one attached hydrogen (secondary N) is 3. The van der Waals surface area contributed by atoms with Crippen molar-refractivity contribution in [2.45, 2.75) is 33.7 Å². The topological polar surface area (TPSA) is 74.8 Å². The molecule has 7 heteroatoms. The molecule has 0 saturated carbocycles.